The molecule has 2 fully saturated rings. The molecule has 2 aliphatic carbocycles. The first-order chi connectivity index (χ1) is 9.33. The summed E-state index contributed by atoms with van der Waals surface area (Å²) in [5.41, 5.74) is 8.75. The molecule has 2 saturated carbocycles. The average molecular weight is 253 g/mol. The molecule has 2 aromatic rings. The van der Waals surface area contributed by atoms with Crippen molar-refractivity contribution in [2.75, 3.05) is 0 Å². The van der Waals surface area contributed by atoms with Gasteiger partial charge in [-0.15, -0.1) is 0 Å². The normalized spacial score (nSPS) is 30.1. The highest BCUT2D eigenvalue weighted by Gasteiger charge is 2.47. The van der Waals surface area contributed by atoms with Crippen molar-refractivity contribution < 1.29 is 0 Å². The third-order valence-corrected chi connectivity index (χ3v) is 4.80. The van der Waals surface area contributed by atoms with Gasteiger partial charge in [0.1, 0.15) is 0 Å². The second-order valence-corrected chi connectivity index (χ2v) is 6.02. The highest BCUT2D eigenvalue weighted by atomic mass is 15.3. The van der Waals surface area contributed by atoms with E-state index in [-0.39, 0.29) is 6.04 Å². The second kappa shape index (κ2) is 4.20. The van der Waals surface area contributed by atoms with Crippen molar-refractivity contribution in [2.45, 2.75) is 25.3 Å². The van der Waals surface area contributed by atoms with Crippen LogP contribution in [-0.4, -0.2) is 9.78 Å². The molecule has 0 bridgehead atoms. The van der Waals surface area contributed by atoms with Crippen LogP contribution >= 0.6 is 0 Å². The lowest BCUT2D eigenvalue weighted by atomic mass is 9.93. The molecule has 3 unspecified atom stereocenters. The van der Waals surface area contributed by atoms with Crippen molar-refractivity contribution in [2.24, 2.45) is 23.5 Å². The number of rotatable bonds is 3. The van der Waals surface area contributed by atoms with Crippen LogP contribution in [0, 0.1) is 17.8 Å². The maximum Gasteiger partial charge on any atom is 0.0649 e. The smallest absolute Gasteiger partial charge is 0.0649 e. The largest absolute Gasteiger partial charge is 0.322 e. The highest BCUT2D eigenvalue weighted by Crippen LogP contribution is 2.56. The predicted molar refractivity (Wildman–Crippen MR) is 74.8 cm³/mol. The summed E-state index contributed by atoms with van der Waals surface area (Å²) in [6, 6.07) is 12.5. The SMILES string of the molecule is NC(c1ccnn1-c1ccccc1)C1CC2CC2C1. The molecule has 0 saturated heterocycles. The molecule has 1 aromatic heterocycles. The number of nitrogens with zero attached hydrogens (tertiary/aromatic N) is 2. The molecular formula is C16H19N3. The number of para-hydroxylation sites is 1. The number of hydrogen-bond acceptors (Lipinski definition) is 2. The maximum absolute atomic E-state index is 6.50. The van der Waals surface area contributed by atoms with Crippen molar-refractivity contribution in [1.82, 2.24) is 9.78 Å². The third-order valence-electron chi connectivity index (χ3n) is 4.80. The van der Waals surface area contributed by atoms with Crippen LogP contribution in [0.2, 0.25) is 0 Å². The molecule has 0 radical (unpaired) electrons. The molecule has 3 atom stereocenters. The zero-order valence-electron chi connectivity index (χ0n) is 10.9. The van der Waals surface area contributed by atoms with Gasteiger partial charge in [0, 0.05) is 12.2 Å². The zero-order chi connectivity index (χ0) is 12.8. The Hall–Kier alpha value is -1.61. The van der Waals surface area contributed by atoms with Gasteiger partial charge in [-0.3, -0.25) is 0 Å². The van der Waals surface area contributed by atoms with E-state index in [4.69, 9.17) is 5.73 Å². The second-order valence-electron chi connectivity index (χ2n) is 6.02. The van der Waals surface area contributed by atoms with Crippen molar-refractivity contribution in [3.8, 4) is 5.69 Å². The number of hydrogen-bond donors (Lipinski definition) is 1. The van der Waals surface area contributed by atoms with Crippen LogP contribution in [0.25, 0.3) is 5.69 Å². The molecule has 0 aliphatic heterocycles. The van der Waals surface area contributed by atoms with Gasteiger partial charge in [-0.25, -0.2) is 4.68 Å². The molecule has 0 spiro atoms. The summed E-state index contributed by atoms with van der Waals surface area (Å²) in [5, 5.41) is 4.45. The molecule has 0 amide bonds. The van der Waals surface area contributed by atoms with Gasteiger partial charge in [0.25, 0.3) is 0 Å². The molecule has 3 nitrogen and oxygen atoms in total. The Bertz CT molecular complexity index is 565. The van der Waals surface area contributed by atoms with E-state index < -0.39 is 0 Å². The molecule has 2 N–H and O–H groups in total. The minimum Gasteiger partial charge on any atom is -0.322 e. The molecule has 2 aliphatic rings. The third kappa shape index (κ3) is 1.89. The Kier molecular flexibility index (Phi) is 2.49. The number of fused-ring (bicyclic) bond motifs is 1. The lowest BCUT2D eigenvalue weighted by molar-refractivity contribution is 0.392. The average Bonchev–Trinajstić information content (AvgIpc) is 2.91. The fourth-order valence-electron chi connectivity index (χ4n) is 3.65. The van der Waals surface area contributed by atoms with Gasteiger partial charge in [-0.1, -0.05) is 18.2 Å². The van der Waals surface area contributed by atoms with Crippen molar-refractivity contribution in [3.05, 3.63) is 48.3 Å². The highest BCUT2D eigenvalue weighted by molar-refractivity contribution is 5.33. The summed E-state index contributed by atoms with van der Waals surface area (Å²) in [5.74, 6) is 2.59. The Morgan fingerprint density at radius 3 is 2.53 bits per heavy atom. The summed E-state index contributed by atoms with van der Waals surface area (Å²) < 4.78 is 1.99. The molecule has 19 heavy (non-hydrogen) atoms. The van der Waals surface area contributed by atoms with Crippen LogP contribution in [0.3, 0.4) is 0 Å². The Balaban J connectivity index is 1.63. The summed E-state index contributed by atoms with van der Waals surface area (Å²) in [6.45, 7) is 0. The molecular weight excluding hydrogens is 234 g/mol. The maximum atomic E-state index is 6.50. The molecule has 1 heterocycles. The summed E-state index contributed by atoms with van der Waals surface area (Å²) >= 11 is 0. The minimum atomic E-state index is 0.121. The lowest BCUT2D eigenvalue weighted by Gasteiger charge is -2.21. The van der Waals surface area contributed by atoms with Crippen LogP contribution in [0.15, 0.2) is 42.6 Å². The van der Waals surface area contributed by atoms with Gasteiger partial charge in [-0.05, 0) is 55.2 Å². The zero-order valence-corrected chi connectivity index (χ0v) is 10.9. The van der Waals surface area contributed by atoms with E-state index in [9.17, 15) is 0 Å². The lowest BCUT2D eigenvalue weighted by Crippen LogP contribution is -2.23. The molecule has 4 rings (SSSR count). The molecule has 98 valence electrons. The topological polar surface area (TPSA) is 43.8 Å². The van der Waals surface area contributed by atoms with Crippen LogP contribution in [-0.2, 0) is 0 Å². The van der Waals surface area contributed by atoms with Crippen molar-refractivity contribution >= 4 is 0 Å². The molecule has 3 heteroatoms. The number of nitrogens with two attached hydrogens (primary N) is 1. The van der Waals surface area contributed by atoms with E-state index in [0.29, 0.717) is 5.92 Å². The van der Waals surface area contributed by atoms with Gasteiger partial charge in [-0.2, -0.15) is 5.10 Å². The quantitative estimate of drug-likeness (QED) is 0.914. The van der Waals surface area contributed by atoms with Gasteiger partial charge < -0.3 is 5.73 Å². The van der Waals surface area contributed by atoms with E-state index in [1.165, 1.54) is 19.3 Å². The van der Waals surface area contributed by atoms with Gasteiger partial charge in [0.05, 0.1) is 11.4 Å². The number of benzene rings is 1. The van der Waals surface area contributed by atoms with Crippen LogP contribution in [0.5, 0.6) is 0 Å². The Morgan fingerprint density at radius 1 is 1.05 bits per heavy atom. The molecule has 1 aromatic carbocycles. The fraction of sp³-hybridized carbons (Fsp3) is 0.438. The summed E-state index contributed by atoms with van der Waals surface area (Å²) in [6.07, 6.45) is 5.93. The van der Waals surface area contributed by atoms with Crippen LogP contribution < -0.4 is 5.73 Å². The number of aromatic nitrogens is 2. The monoisotopic (exact) mass is 253 g/mol. The first-order valence-corrected chi connectivity index (χ1v) is 7.18. The minimum absolute atomic E-state index is 0.121. The first kappa shape index (κ1) is 11.2. The Morgan fingerprint density at radius 2 is 1.79 bits per heavy atom. The van der Waals surface area contributed by atoms with Crippen LogP contribution in [0.1, 0.15) is 31.0 Å². The van der Waals surface area contributed by atoms with E-state index in [1.54, 1.807) is 0 Å². The van der Waals surface area contributed by atoms with Gasteiger partial charge >= 0.3 is 0 Å². The fourth-order valence-corrected chi connectivity index (χ4v) is 3.65. The van der Waals surface area contributed by atoms with Crippen LogP contribution in [0.4, 0.5) is 0 Å². The van der Waals surface area contributed by atoms with Gasteiger partial charge in [0.2, 0.25) is 0 Å². The van der Waals surface area contributed by atoms with E-state index in [0.717, 1.165) is 23.2 Å². The van der Waals surface area contributed by atoms with Gasteiger partial charge in [0.15, 0.2) is 0 Å². The predicted octanol–water partition coefficient (Wildman–Crippen LogP) is 2.92. The van der Waals surface area contributed by atoms with E-state index in [1.807, 2.05) is 29.1 Å². The Labute approximate surface area is 113 Å². The summed E-state index contributed by atoms with van der Waals surface area (Å²) in [4.78, 5) is 0. The van der Waals surface area contributed by atoms with Crippen molar-refractivity contribution in [3.63, 3.8) is 0 Å². The first-order valence-electron chi connectivity index (χ1n) is 7.18. The van der Waals surface area contributed by atoms with E-state index >= 15 is 0 Å². The van der Waals surface area contributed by atoms with E-state index in [2.05, 4.69) is 23.3 Å². The summed E-state index contributed by atoms with van der Waals surface area (Å²) in [7, 11) is 0. The standard InChI is InChI=1S/C16H19N3/c17-16(13-9-11-8-12(11)10-13)15-6-7-18-19(15)14-4-2-1-3-5-14/h1-7,11-13,16H,8-10,17H2. The van der Waals surface area contributed by atoms with Crippen molar-refractivity contribution in [1.29, 1.82) is 0 Å².